The maximum absolute atomic E-state index is 11.4. The summed E-state index contributed by atoms with van der Waals surface area (Å²) in [6.45, 7) is 6.01. The number of hydrogen-bond acceptors (Lipinski definition) is 3. The molecule has 1 aliphatic heterocycles. The maximum atomic E-state index is 11.4. The fraction of sp³-hybridized carbons (Fsp3) is 0.778. The molecule has 0 aromatic rings. The lowest BCUT2D eigenvalue weighted by Crippen LogP contribution is -2.46. The lowest BCUT2D eigenvalue weighted by atomic mass is 10.1. The smallest absolute Gasteiger partial charge is 0.322 e. The molecule has 80 valence electrons. The fourth-order valence-electron chi connectivity index (χ4n) is 1.18. The number of carbonyl (C=O) groups excluding carboxylic acids is 2. The van der Waals surface area contributed by atoms with Crippen LogP contribution in [0.25, 0.3) is 0 Å². The van der Waals surface area contributed by atoms with Crippen LogP contribution in [0.15, 0.2) is 0 Å². The topological polar surface area (TPSA) is 58.2 Å². The summed E-state index contributed by atoms with van der Waals surface area (Å²) < 4.78 is 0. The molecule has 0 saturated carbocycles. The van der Waals surface area contributed by atoms with E-state index >= 15 is 0 Å². The Balaban J connectivity index is 2.42. The Labute approximate surface area is 88.2 Å². The van der Waals surface area contributed by atoms with E-state index in [9.17, 15) is 9.59 Å². The molecule has 0 spiro atoms. The highest BCUT2D eigenvalue weighted by Crippen LogP contribution is 2.18. The van der Waals surface area contributed by atoms with Crippen LogP contribution in [0.2, 0.25) is 0 Å². The van der Waals surface area contributed by atoms with Gasteiger partial charge in [-0.1, -0.05) is 13.8 Å². The van der Waals surface area contributed by atoms with Crippen LogP contribution in [0.3, 0.4) is 0 Å². The van der Waals surface area contributed by atoms with E-state index in [-0.39, 0.29) is 11.9 Å². The van der Waals surface area contributed by atoms with Gasteiger partial charge in [-0.05, 0) is 18.6 Å². The Kier molecular flexibility index (Phi) is 3.42. The zero-order valence-corrected chi connectivity index (χ0v) is 9.53. The van der Waals surface area contributed by atoms with Gasteiger partial charge < -0.3 is 5.32 Å². The normalized spacial score (nSPS) is 26.6. The maximum Gasteiger partial charge on any atom is 0.322 e. The highest BCUT2D eigenvalue weighted by atomic mass is 32.2. The first kappa shape index (κ1) is 11.4. The standard InChI is InChI=1S/C9H16N2O2S/c1-6(2)4-14-5-9(3)7(12)10-8(13)11-9/h6H,4-5H2,1-3H3,(H2,10,11,12,13). The van der Waals surface area contributed by atoms with Crippen molar-refractivity contribution in [2.45, 2.75) is 26.3 Å². The van der Waals surface area contributed by atoms with Gasteiger partial charge in [0.05, 0.1) is 0 Å². The number of imide groups is 1. The molecular weight excluding hydrogens is 200 g/mol. The number of urea groups is 1. The second-order valence-electron chi connectivity index (χ2n) is 4.15. The van der Waals surface area contributed by atoms with E-state index in [0.717, 1.165) is 5.75 Å². The highest BCUT2D eigenvalue weighted by Gasteiger charge is 2.41. The van der Waals surface area contributed by atoms with Gasteiger partial charge in [-0.15, -0.1) is 0 Å². The van der Waals surface area contributed by atoms with E-state index in [4.69, 9.17) is 0 Å². The first-order valence-corrected chi connectivity index (χ1v) is 5.81. The SMILES string of the molecule is CC(C)CSCC1(C)NC(=O)NC1=O. The second kappa shape index (κ2) is 4.21. The molecule has 0 aromatic carbocycles. The number of amides is 3. The van der Waals surface area contributed by atoms with Crippen molar-refractivity contribution in [3.8, 4) is 0 Å². The third kappa shape index (κ3) is 2.64. The Morgan fingerprint density at radius 2 is 2.07 bits per heavy atom. The summed E-state index contributed by atoms with van der Waals surface area (Å²) in [5.74, 6) is 2.00. The predicted octanol–water partition coefficient (Wildman–Crippen LogP) is 0.974. The van der Waals surface area contributed by atoms with Gasteiger partial charge in [0.25, 0.3) is 5.91 Å². The number of nitrogens with one attached hydrogen (secondary N) is 2. The average Bonchev–Trinajstić information content (AvgIpc) is 2.25. The van der Waals surface area contributed by atoms with Crippen LogP contribution in [0.5, 0.6) is 0 Å². The molecule has 0 bridgehead atoms. The van der Waals surface area contributed by atoms with Crippen LogP contribution < -0.4 is 10.6 Å². The molecule has 1 heterocycles. The Bertz CT molecular complexity index is 255. The van der Waals surface area contributed by atoms with Crippen LogP contribution in [-0.2, 0) is 4.79 Å². The second-order valence-corrected chi connectivity index (χ2v) is 5.18. The van der Waals surface area contributed by atoms with E-state index in [1.807, 2.05) is 0 Å². The summed E-state index contributed by atoms with van der Waals surface area (Å²) in [6, 6.07) is -0.386. The van der Waals surface area contributed by atoms with E-state index in [0.29, 0.717) is 11.7 Å². The Morgan fingerprint density at radius 1 is 1.43 bits per heavy atom. The molecule has 1 aliphatic rings. The van der Waals surface area contributed by atoms with E-state index in [2.05, 4.69) is 24.5 Å². The van der Waals surface area contributed by atoms with Gasteiger partial charge in [0.2, 0.25) is 0 Å². The highest BCUT2D eigenvalue weighted by molar-refractivity contribution is 7.99. The van der Waals surface area contributed by atoms with Gasteiger partial charge in [-0.25, -0.2) is 4.79 Å². The monoisotopic (exact) mass is 216 g/mol. The van der Waals surface area contributed by atoms with Gasteiger partial charge in [-0.3, -0.25) is 10.1 Å². The third-order valence-electron chi connectivity index (χ3n) is 1.96. The molecule has 0 radical (unpaired) electrons. The number of thioether (sulfide) groups is 1. The molecule has 0 aromatic heterocycles. The molecule has 14 heavy (non-hydrogen) atoms. The molecule has 1 unspecified atom stereocenters. The molecule has 1 atom stereocenters. The van der Waals surface area contributed by atoms with Crippen LogP contribution in [0, 0.1) is 5.92 Å². The molecular formula is C9H16N2O2S. The summed E-state index contributed by atoms with van der Waals surface area (Å²) in [5, 5.41) is 4.88. The van der Waals surface area contributed by atoms with E-state index in [1.165, 1.54) is 0 Å². The predicted molar refractivity (Wildman–Crippen MR) is 57.2 cm³/mol. The summed E-state index contributed by atoms with van der Waals surface area (Å²) in [7, 11) is 0. The summed E-state index contributed by atoms with van der Waals surface area (Å²) in [4.78, 5) is 22.3. The number of carbonyl (C=O) groups is 2. The molecule has 1 fully saturated rings. The van der Waals surface area contributed by atoms with E-state index in [1.54, 1.807) is 18.7 Å². The largest absolute Gasteiger partial charge is 0.323 e. The molecule has 2 N–H and O–H groups in total. The minimum absolute atomic E-state index is 0.223. The van der Waals surface area contributed by atoms with Gasteiger partial charge in [0.1, 0.15) is 5.54 Å². The van der Waals surface area contributed by atoms with Gasteiger partial charge in [0, 0.05) is 5.75 Å². The van der Waals surface area contributed by atoms with Crippen molar-refractivity contribution in [3.05, 3.63) is 0 Å². The van der Waals surface area contributed by atoms with Gasteiger partial charge in [-0.2, -0.15) is 11.8 Å². The zero-order valence-electron chi connectivity index (χ0n) is 8.72. The van der Waals surface area contributed by atoms with Crippen molar-refractivity contribution in [3.63, 3.8) is 0 Å². The molecule has 0 aliphatic carbocycles. The molecule has 4 nitrogen and oxygen atoms in total. The lowest BCUT2D eigenvalue weighted by molar-refractivity contribution is -0.122. The minimum atomic E-state index is -0.726. The minimum Gasteiger partial charge on any atom is -0.323 e. The van der Waals surface area contributed by atoms with Crippen LogP contribution in [0.1, 0.15) is 20.8 Å². The molecule has 5 heteroatoms. The zero-order chi connectivity index (χ0) is 10.8. The number of rotatable bonds is 4. The van der Waals surface area contributed by atoms with Crippen molar-refractivity contribution in [1.82, 2.24) is 10.6 Å². The quantitative estimate of drug-likeness (QED) is 0.689. The van der Waals surface area contributed by atoms with E-state index < -0.39 is 5.54 Å². The van der Waals surface area contributed by atoms with Crippen molar-refractivity contribution in [1.29, 1.82) is 0 Å². The molecule has 3 amide bonds. The summed E-state index contributed by atoms with van der Waals surface area (Å²) >= 11 is 1.69. The summed E-state index contributed by atoms with van der Waals surface area (Å²) in [5.41, 5.74) is -0.726. The first-order chi connectivity index (χ1) is 6.44. The van der Waals surface area contributed by atoms with Gasteiger partial charge in [0.15, 0.2) is 0 Å². The van der Waals surface area contributed by atoms with Crippen molar-refractivity contribution in [2.75, 3.05) is 11.5 Å². The fourth-order valence-corrected chi connectivity index (χ4v) is 2.38. The van der Waals surface area contributed by atoms with Crippen LogP contribution in [-0.4, -0.2) is 29.0 Å². The van der Waals surface area contributed by atoms with Crippen LogP contribution >= 0.6 is 11.8 Å². The Morgan fingerprint density at radius 3 is 2.50 bits per heavy atom. The molecule has 1 rings (SSSR count). The summed E-state index contributed by atoms with van der Waals surface area (Å²) in [6.07, 6.45) is 0. The Hall–Kier alpha value is -0.710. The third-order valence-corrected chi connectivity index (χ3v) is 3.64. The van der Waals surface area contributed by atoms with Crippen molar-refractivity contribution < 1.29 is 9.59 Å². The van der Waals surface area contributed by atoms with Crippen molar-refractivity contribution >= 4 is 23.7 Å². The first-order valence-electron chi connectivity index (χ1n) is 4.65. The van der Waals surface area contributed by atoms with Crippen molar-refractivity contribution in [2.24, 2.45) is 5.92 Å². The van der Waals surface area contributed by atoms with Gasteiger partial charge >= 0.3 is 6.03 Å². The van der Waals surface area contributed by atoms with Crippen LogP contribution in [0.4, 0.5) is 4.79 Å². The average molecular weight is 216 g/mol. The molecule has 1 saturated heterocycles. The lowest BCUT2D eigenvalue weighted by Gasteiger charge is -2.20. The number of hydrogen-bond donors (Lipinski definition) is 2.